The van der Waals surface area contributed by atoms with E-state index >= 15 is 0 Å². The molecule has 0 spiro atoms. The largest absolute Gasteiger partial charge is 0.321 e. The maximum atomic E-state index is 12.8. The number of carbonyl (C=O) groups is 1. The summed E-state index contributed by atoms with van der Waals surface area (Å²) in [6.45, 7) is 4.21. The summed E-state index contributed by atoms with van der Waals surface area (Å²) in [6, 6.07) is 6.28. The van der Waals surface area contributed by atoms with Gasteiger partial charge in [-0.2, -0.15) is 4.31 Å². The number of aromatic nitrogens is 2. The summed E-state index contributed by atoms with van der Waals surface area (Å²) in [7, 11) is -3.50. The molecule has 0 saturated carbocycles. The fraction of sp³-hybridized carbons (Fsp3) is 0.438. The second kappa shape index (κ2) is 7.19. The average Bonchev–Trinajstić information content (AvgIpc) is 3.02. The zero-order chi connectivity index (χ0) is 18.0. The number of nitrogens with one attached hydrogen (secondary N) is 1. The van der Waals surface area contributed by atoms with Crippen molar-refractivity contribution in [2.45, 2.75) is 44.0 Å². The van der Waals surface area contributed by atoms with Gasteiger partial charge in [0.25, 0.3) is 5.91 Å². The zero-order valence-corrected chi connectivity index (χ0v) is 15.7. The summed E-state index contributed by atoms with van der Waals surface area (Å²) in [6.07, 6.45) is 2.83. The van der Waals surface area contributed by atoms with Crippen LogP contribution in [0.2, 0.25) is 0 Å². The molecule has 1 aliphatic rings. The normalized spacial score (nSPS) is 18.9. The molecule has 1 aromatic carbocycles. The molecule has 0 radical (unpaired) electrons. The predicted molar refractivity (Wildman–Crippen MR) is 96.2 cm³/mol. The quantitative estimate of drug-likeness (QED) is 0.880. The minimum Gasteiger partial charge on any atom is -0.321 e. The van der Waals surface area contributed by atoms with Crippen LogP contribution in [0, 0.1) is 6.92 Å². The summed E-state index contributed by atoms with van der Waals surface area (Å²) in [4.78, 5) is 12.8. The highest BCUT2D eigenvalue weighted by Gasteiger charge is 2.30. The van der Waals surface area contributed by atoms with Crippen molar-refractivity contribution in [2.24, 2.45) is 0 Å². The molecule has 2 aromatic rings. The maximum absolute atomic E-state index is 12.8. The highest BCUT2D eigenvalue weighted by atomic mass is 32.2. The van der Waals surface area contributed by atoms with E-state index in [-0.39, 0.29) is 16.8 Å². The topological polar surface area (TPSA) is 92.3 Å². The first kappa shape index (κ1) is 18.0. The highest BCUT2D eigenvalue weighted by Crippen LogP contribution is 2.26. The first-order chi connectivity index (χ1) is 11.9. The smallest absolute Gasteiger partial charge is 0.269 e. The molecule has 1 fully saturated rings. The minimum atomic E-state index is -3.50. The summed E-state index contributed by atoms with van der Waals surface area (Å²) < 4.78 is 30.9. The number of amides is 1. The molecule has 0 aliphatic carbocycles. The van der Waals surface area contributed by atoms with Gasteiger partial charge in [-0.3, -0.25) is 4.79 Å². The SMILES string of the molecule is Cc1nnsc1C(=O)Nc1ccc(S(=O)(=O)N2CCCC[C@@H]2C)cc1. The molecule has 1 atom stereocenters. The number of benzene rings is 1. The monoisotopic (exact) mass is 380 g/mol. The molecule has 1 aliphatic heterocycles. The van der Waals surface area contributed by atoms with Gasteiger partial charge in [0.2, 0.25) is 10.0 Å². The Bertz CT molecular complexity index is 862. The van der Waals surface area contributed by atoms with Crippen LogP contribution in [0.3, 0.4) is 0 Å². The maximum Gasteiger partial charge on any atom is 0.269 e. The van der Waals surface area contributed by atoms with Crippen molar-refractivity contribution < 1.29 is 13.2 Å². The van der Waals surface area contributed by atoms with Crippen molar-refractivity contribution in [1.29, 1.82) is 0 Å². The Labute approximate surface area is 151 Å². The number of carbonyl (C=O) groups excluding carboxylic acids is 1. The van der Waals surface area contributed by atoms with Crippen molar-refractivity contribution in [2.75, 3.05) is 11.9 Å². The number of aryl methyl sites for hydroxylation is 1. The van der Waals surface area contributed by atoms with Gasteiger partial charge in [0.1, 0.15) is 4.88 Å². The Balaban J connectivity index is 1.76. The third-order valence-electron chi connectivity index (χ3n) is 4.32. The van der Waals surface area contributed by atoms with E-state index in [1.165, 1.54) is 12.1 Å². The fourth-order valence-electron chi connectivity index (χ4n) is 2.90. The van der Waals surface area contributed by atoms with Crippen LogP contribution >= 0.6 is 11.5 Å². The summed E-state index contributed by atoms with van der Waals surface area (Å²) in [5, 5.41) is 6.54. The van der Waals surface area contributed by atoms with E-state index in [4.69, 9.17) is 0 Å². The Morgan fingerprint density at radius 2 is 2.00 bits per heavy atom. The molecule has 1 amide bonds. The first-order valence-corrected chi connectivity index (χ1v) is 10.3. The van der Waals surface area contributed by atoms with E-state index in [2.05, 4.69) is 14.9 Å². The number of nitrogens with zero attached hydrogens (tertiary/aromatic N) is 3. The third-order valence-corrected chi connectivity index (χ3v) is 7.17. The number of anilines is 1. The lowest BCUT2D eigenvalue weighted by atomic mass is 10.1. The summed E-state index contributed by atoms with van der Waals surface area (Å²) >= 11 is 1.03. The van der Waals surface area contributed by atoms with Crippen molar-refractivity contribution in [3.8, 4) is 0 Å². The molecule has 25 heavy (non-hydrogen) atoms. The first-order valence-electron chi connectivity index (χ1n) is 8.12. The van der Waals surface area contributed by atoms with Gasteiger partial charge < -0.3 is 5.32 Å². The molecular weight excluding hydrogens is 360 g/mol. The standard InChI is InChI=1S/C16H20N4O3S2/c1-11-5-3-4-10-20(11)25(22,23)14-8-6-13(7-9-14)17-16(21)15-12(2)18-19-24-15/h6-9,11H,3-5,10H2,1-2H3,(H,17,21)/t11-/m0/s1. The fourth-order valence-corrected chi connectivity index (χ4v) is 5.15. The Hall–Kier alpha value is -1.84. The summed E-state index contributed by atoms with van der Waals surface area (Å²) in [5.74, 6) is -0.298. The number of rotatable bonds is 4. The zero-order valence-electron chi connectivity index (χ0n) is 14.1. The van der Waals surface area contributed by atoms with Gasteiger partial charge in [0, 0.05) is 18.3 Å². The van der Waals surface area contributed by atoms with Crippen LogP contribution in [0.15, 0.2) is 29.2 Å². The van der Waals surface area contributed by atoms with Crippen molar-refractivity contribution in [3.63, 3.8) is 0 Å². The van der Waals surface area contributed by atoms with Gasteiger partial charge in [0.15, 0.2) is 0 Å². The van der Waals surface area contributed by atoms with E-state index in [0.29, 0.717) is 22.8 Å². The van der Waals surface area contributed by atoms with Gasteiger partial charge in [-0.15, -0.1) is 5.10 Å². The van der Waals surface area contributed by atoms with Crippen LogP contribution in [0.4, 0.5) is 5.69 Å². The molecule has 1 saturated heterocycles. The minimum absolute atomic E-state index is 0.0138. The molecule has 3 rings (SSSR count). The number of hydrogen-bond donors (Lipinski definition) is 1. The molecule has 1 aromatic heterocycles. The van der Waals surface area contributed by atoms with Crippen LogP contribution < -0.4 is 5.32 Å². The van der Waals surface area contributed by atoms with Gasteiger partial charge in [0.05, 0.1) is 10.6 Å². The number of piperidine rings is 1. The predicted octanol–water partition coefficient (Wildman–Crippen LogP) is 2.66. The van der Waals surface area contributed by atoms with E-state index in [9.17, 15) is 13.2 Å². The van der Waals surface area contributed by atoms with Gasteiger partial charge >= 0.3 is 0 Å². The van der Waals surface area contributed by atoms with Crippen LogP contribution in [0.1, 0.15) is 41.6 Å². The summed E-state index contributed by atoms with van der Waals surface area (Å²) in [5.41, 5.74) is 1.10. The molecule has 0 unspecified atom stereocenters. The Morgan fingerprint density at radius 1 is 1.28 bits per heavy atom. The van der Waals surface area contributed by atoms with Crippen molar-refractivity contribution in [1.82, 2.24) is 13.9 Å². The Kier molecular flexibility index (Phi) is 5.16. The van der Waals surface area contributed by atoms with E-state index in [1.807, 2.05) is 6.92 Å². The lowest BCUT2D eigenvalue weighted by Gasteiger charge is -2.32. The second-order valence-electron chi connectivity index (χ2n) is 6.13. The highest BCUT2D eigenvalue weighted by molar-refractivity contribution is 7.89. The Morgan fingerprint density at radius 3 is 2.60 bits per heavy atom. The number of sulfonamides is 1. The van der Waals surface area contributed by atoms with E-state index < -0.39 is 10.0 Å². The second-order valence-corrected chi connectivity index (χ2v) is 8.77. The molecule has 7 nitrogen and oxygen atoms in total. The van der Waals surface area contributed by atoms with Crippen molar-refractivity contribution >= 4 is 33.2 Å². The molecule has 9 heteroatoms. The van der Waals surface area contributed by atoms with E-state index in [0.717, 1.165) is 30.8 Å². The number of hydrogen-bond acceptors (Lipinski definition) is 6. The molecule has 1 N–H and O–H groups in total. The van der Waals surface area contributed by atoms with Crippen LogP contribution in [0.25, 0.3) is 0 Å². The van der Waals surface area contributed by atoms with Crippen molar-refractivity contribution in [3.05, 3.63) is 34.8 Å². The lowest BCUT2D eigenvalue weighted by molar-refractivity contribution is 0.103. The third kappa shape index (κ3) is 3.73. The van der Waals surface area contributed by atoms with Crippen LogP contribution in [-0.2, 0) is 10.0 Å². The van der Waals surface area contributed by atoms with Gasteiger partial charge in [-0.1, -0.05) is 10.9 Å². The van der Waals surface area contributed by atoms with E-state index in [1.54, 1.807) is 23.4 Å². The van der Waals surface area contributed by atoms with Crippen LogP contribution in [0.5, 0.6) is 0 Å². The molecule has 0 bridgehead atoms. The lowest BCUT2D eigenvalue weighted by Crippen LogP contribution is -2.41. The molecule has 2 heterocycles. The van der Waals surface area contributed by atoms with Crippen LogP contribution in [-0.4, -0.2) is 40.8 Å². The average molecular weight is 380 g/mol. The molecule has 134 valence electrons. The van der Waals surface area contributed by atoms with Gasteiger partial charge in [-0.05, 0) is 62.5 Å². The molecular formula is C16H20N4O3S2. The van der Waals surface area contributed by atoms with Gasteiger partial charge in [-0.25, -0.2) is 8.42 Å².